The number of halogens is 1. The Kier molecular flexibility index (Phi) is 6.16. The molecule has 0 aliphatic heterocycles. The lowest BCUT2D eigenvalue weighted by Crippen LogP contribution is -2.42. The van der Waals surface area contributed by atoms with Gasteiger partial charge in [-0.1, -0.05) is 43.2 Å². The highest BCUT2D eigenvalue weighted by molar-refractivity contribution is 5.85. The average Bonchev–Trinajstić information content (AvgIpc) is 3.14. The van der Waals surface area contributed by atoms with Crippen LogP contribution in [0.5, 0.6) is 0 Å². The Morgan fingerprint density at radius 2 is 2.00 bits per heavy atom. The summed E-state index contributed by atoms with van der Waals surface area (Å²) in [6.07, 6.45) is 4.36. The van der Waals surface area contributed by atoms with Gasteiger partial charge in [-0.2, -0.15) is 0 Å². The van der Waals surface area contributed by atoms with Gasteiger partial charge < -0.3 is 11.1 Å². The molecule has 1 aromatic carbocycles. The number of carbonyl (C=O) groups excluding carboxylic acids is 1. The SMILES string of the molecule is Cl.N[C@@H](Cc1ccccc1)C(=O)NCCC1CC1. The van der Waals surface area contributed by atoms with Crippen LogP contribution in [0.3, 0.4) is 0 Å². The second-order valence-corrected chi connectivity index (χ2v) is 4.82. The van der Waals surface area contributed by atoms with Crippen LogP contribution in [0.25, 0.3) is 0 Å². The van der Waals surface area contributed by atoms with Crippen LogP contribution in [0.4, 0.5) is 0 Å². The van der Waals surface area contributed by atoms with E-state index in [1.165, 1.54) is 12.8 Å². The summed E-state index contributed by atoms with van der Waals surface area (Å²) in [5, 5.41) is 2.91. The lowest BCUT2D eigenvalue weighted by atomic mass is 10.1. The predicted molar refractivity (Wildman–Crippen MR) is 75.7 cm³/mol. The van der Waals surface area contributed by atoms with Crippen molar-refractivity contribution in [2.75, 3.05) is 6.54 Å². The Morgan fingerprint density at radius 3 is 2.61 bits per heavy atom. The summed E-state index contributed by atoms with van der Waals surface area (Å²) in [6.45, 7) is 0.770. The molecule has 3 nitrogen and oxygen atoms in total. The minimum absolute atomic E-state index is 0. The third-order valence-electron chi connectivity index (χ3n) is 3.18. The summed E-state index contributed by atoms with van der Waals surface area (Å²) in [6, 6.07) is 9.45. The summed E-state index contributed by atoms with van der Waals surface area (Å²) in [4.78, 5) is 11.7. The van der Waals surface area contributed by atoms with Crippen LogP contribution in [-0.4, -0.2) is 18.5 Å². The quantitative estimate of drug-likeness (QED) is 0.828. The van der Waals surface area contributed by atoms with E-state index >= 15 is 0 Å². The highest BCUT2D eigenvalue weighted by Crippen LogP contribution is 2.31. The summed E-state index contributed by atoms with van der Waals surface area (Å²) >= 11 is 0. The molecule has 0 heterocycles. The fourth-order valence-electron chi connectivity index (χ4n) is 1.90. The summed E-state index contributed by atoms with van der Waals surface area (Å²) in [5.74, 6) is 0.815. The van der Waals surface area contributed by atoms with Gasteiger partial charge in [-0.05, 0) is 24.3 Å². The smallest absolute Gasteiger partial charge is 0.237 e. The van der Waals surface area contributed by atoms with Crippen molar-refractivity contribution in [3.63, 3.8) is 0 Å². The van der Waals surface area contributed by atoms with Crippen molar-refractivity contribution < 1.29 is 4.79 Å². The minimum Gasteiger partial charge on any atom is -0.355 e. The summed E-state index contributed by atoms with van der Waals surface area (Å²) < 4.78 is 0. The number of amides is 1. The van der Waals surface area contributed by atoms with Gasteiger partial charge in [-0.3, -0.25) is 4.79 Å². The fourth-order valence-corrected chi connectivity index (χ4v) is 1.90. The van der Waals surface area contributed by atoms with E-state index in [2.05, 4.69) is 5.32 Å². The Morgan fingerprint density at radius 1 is 1.33 bits per heavy atom. The second-order valence-electron chi connectivity index (χ2n) is 4.82. The molecule has 2 rings (SSSR count). The first kappa shape index (κ1) is 15.0. The molecule has 1 atom stereocenters. The van der Waals surface area contributed by atoms with Crippen LogP contribution in [0.2, 0.25) is 0 Å². The fraction of sp³-hybridized carbons (Fsp3) is 0.500. The normalized spacial score (nSPS) is 15.6. The largest absolute Gasteiger partial charge is 0.355 e. The van der Waals surface area contributed by atoms with Gasteiger partial charge in [0.2, 0.25) is 5.91 Å². The average molecular weight is 269 g/mol. The Balaban J connectivity index is 0.00000162. The molecule has 0 saturated heterocycles. The highest BCUT2D eigenvalue weighted by Gasteiger charge is 2.21. The van der Waals surface area contributed by atoms with E-state index in [-0.39, 0.29) is 18.3 Å². The van der Waals surface area contributed by atoms with Gasteiger partial charge in [0.15, 0.2) is 0 Å². The van der Waals surface area contributed by atoms with Crippen molar-refractivity contribution >= 4 is 18.3 Å². The van der Waals surface area contributed by atoms with E-state index < -0.39 is 6.04 Å². The van der Waals surface area contributed by atoms with E-state index in [0.29, 0.717) is 6.42 Å². The standard InChI is InChI=1S/C14H20N2O.ClH/c15-13(10-12-4-2-1-3-5-12)14(17)16-9-8-11-6-7-11;/h1-5,11,13H,6-10,15H2,(H,16,17);1H/t13-;/m0./s1. The van der Waals surface area contributed by atoms with Crippen LogP contribution in [0.1, 0.15) is 24.8 Å². The zero-order valence-corrected chi connectivity index (χ0v) is 11.3. The second kappa shape index (κ2) is 7.39. The summed E-state index contributed by atoms with van der Waals surface area (Å²) in [7, 11) is 0. The number of carbonyl (C=O) groups is 1. The predicted octanol–water partition coefficient (Wildman–Crippen LogP) is 1.89. The van der Waals surface area contributed by atoms with Gasteiger partial charge in [0, 0.05) is 6.54 Å². The molecule has 1 amide bonds. The highest BCUT2D eigenvalue weighted by atomic mass is 35.5. The van der Waals surface area contributed by atoms with E-state index in [4.69, 9.17) is 5.73 Å². The lowest BCUT2D eigenvalue weighted by Gasteiger charge is -2.12. The first-order valence-electron chi connectivity index (χ1n) is 6.33. The minimum atomic E-state index is -0.434. The summed E-state index contributed by atoms with van der Waals surface area (Å²) in [5.41, 5.74) is 6.98. The van der Waals surface area contributed by atoms with Crippen LogP contribution >= 0.6 is 12.4 Å². The lowest BCUT2D eigenvalue weighted by molar-refractivity contribution is -0.122. The molecule has 1 aliphatic carbocycles. The van der Waals surface area contributed by atoms with E-state index in [1.807, 2.05) is 30.3 Å². The molecule has 1 saturated carbocycles. The molecule has 3 N–H and O–H groups in total. The number of rotatable bonds is 6. The molecule has 100 valence electrons. The van der Waals surface area contributed by atoms with Crippen LogP contribution in [-0.2, 0) is 11.2 Å². The molecule has 1 fully saturated rings. The zero-order chi connectivity index (χ0) is 12.1. The van der Waals surface area contributed by atoms with Crippen molar-refractivity contribution in [1.82, 2.24) is 5.32 Å². The number of nitrogens with two attached hydrogens (primary N) is 1. The molecular formula is C14H21ClN2O. The van der Waals surface area contributed by atoms with Crippen LogP contribution < -0.4 is 11.1 Å². The molecule has 18 heavy (non-hydrogen) atoms. The number of hydrogen-bond acceptors (Lipinski definition) is 2. The van der Waals surface area contributed by atoms with Crippen molar-refractivity contribution in [1.29, 1.82) is 0 Å². The number of benzene rings is 1. The van der Waals surface area contributed by atoms with Crippen LogP contribution in [0.15, 0.2) is 30.3 Å². The maximum Gasteiger partial charge on any atom is 0.237 e. The number of hydrogen-bond donors (Lipinski definition) is 2. The van der Waals surface area contributed by atoms with Gasteiger partial charge in [-0.15, -0.1) is 12.4 Å². The Hall–Kier alpha value is -1.06. The molecule has 0 unspecified atom stereocenters. The van der Waals surface area contributed by atoms with Gasteiger partial charge in [0.1, 0.15) is 0 Å². The van der Waals surface area contributed by atoms with Gasteiger partial charge in [0.05, 0.1) is 6.04 Å². The maximum absolute atomic E-state index is 11.7. The molecule has 0 radical (unpaired) electrons. The number of nitrogens with one attached hydrogen (secondary N) is 1. The third kappa shape index (κ3) is 5.07. The van der Waals surface area contributed by atoms with Crippen LogP contribution in [0, 0.1) is 5.92 Å². The van der Waals surface area contributed by atoms with Crippen molar-refractivity contribution in [2.24, 2.45) is 11.7 Å². The third-order valence-corrected chi connectivity index (χ3v) is 3.18. The van der Waals surface area contributed by atoms with Gasteiger partial charge in [0.25, 0.3) is 0 Å². The molecule has 0 spiro atoms. The Bertz CT molecular complexity index is 365. The van der Waals surface area contributed by atoms with E-state index in [9.17, 15) is 4.79 Å². The molecule has 0 bridgehead atoms. The first-order valence-corrected chi connectivity index (χ1v) is 6.33. The molecule has 1 aliphatic rings. The van der Waals surface area contributed by atoms with Gasteiger partial charge in [-0.25, -0.2) is 0 Å². The molecular weight excluding hydrogens is 248 g/mol. The van der Waals surface area contributed by atoms with Crippen molar-refractivity contribution in [3.8, 4) is 0 Å². The Labute approximate surface area is 115 Å². The zero-order valence-electron chi connectivity index (χ0n) is 10.5. The van der Waals surface area contributed by atoms with Crippen molar-refractivity contribution in [3.05, 3.63) is 35.9 Å². The molecule has 4 heteroatoms. The van der Waals surface area contributed by atoms with Crippen molar-refractivity contribution in [2.45, 2.75) is 31.7 Å². The monoisotopic (exact) mass is 268 g/mol. The van der Waals surface area contributed by atoms with E-state index in [0.717, 1.165) is 24.4 Å². The van der Waals surface area contributed by atoms with Gasteiger partial charge >= 0.3 is 0 Å². The topological polar surface area (TPSA) is 55.1 Å². The first-order chi connectivity index (χ1) is 8.25. The molecule has 1 aromatic rings. The molecule has 0 aromatic heterocycles. The maximum atomic E-state index is 11.7. The van der Waals surface area contributed by atoms with E-state index in [1.54, 1.807) is 0 Å².